The number of aromatic nitrogens is 2. The number of phenols is 2. The van der Waals surface area contributed by atoms with Crippen molar-refractivity contribution < 1.29 is 87.9 Å². The lowest BCUT2D eigenvalue weighted by atomic mass is 9.85. The maximum Gasteiger partial charge on any atom is 0.303 e. The molecule has 35 nitrogen and oxygen atoms in total. The van der Waals surface area contributed by atoms with Crippen molar-refractivity contribution in [1.82, 2.24) is 68.5 Å². The van der Waals surface area contributed by atoms with Gasteiger partial charge in [0.1, 0.15) is 78.0 Å². The van der Waals surface area contributed by atoms with Crippen LogP contribution in [0.25, 0.3) is 0 Å². The third-order valence-corrected chi connectivity index (χ3v) is 20.3. The number of rotatable bonds is 19. The number of nitrogens with zero attached hydrogens (tertiary/aromatic N) is 1. The van der Waals surface area contributed by atoms with Crippen LogP contribution in [0.3, 0.4) is 0 Å². The number of guanidine groups is 1. The molecule has 1 aliphatic heterocycles. The number of aromatic amines is 1. The molecule has 618 valence electrons. The topological polar surface area (TPSA) is 572 Å². The van der Waals surface area contributed by atoms with Gasteiger partial charge in [-0.2, -0.15) is 23.5 Å². The molecule has 114 heavy (non-hydrogen) atoms. The molecule has 12 amide bonds. The molecule has 0 saturated heterocycles. The van der Waals surface area contributed by atoms with Crippen LogP contribution >= 0.6 is 23.5 Å². The van der Waals surface area contributed by atoms with Gasteiger partial charge in [-0.1, -0.05) is 108 Å². The summed E-state index contributed by atoms with van der Waals surface area (Å²) in [6, 6.07) is 7.09. The molecule has 2 heterocycles. The number of carboxylic acids is 1. The molecule has 6 rings (SSSR count). The predicted octanol–water partition coefficient (Wildman–Crippen LogP) is 0.0580. The second-order valence-corrected chi connectivity index (χ2v) is 30.9. The maximum absolute atomic E-state index is 15.0. The van der Waals surface area contributed by atoms with Gasteiger partial charge in [-0.3, -0.25) is 67.7 Å². The Morgan fingerprint density at radius 2 is 0.939 bits per heavy atom. The summed E-state index contributed by atoms with van der Waals surface area (Å²) in [6.07, 6.45) is -3.20. The second-order valence-electron chi connectivity index (χ2n) is 28.8. The van der Waals surface area contributed by atoms with Crippen molar-refractivity contribution in [2.24, 2.45) is 16.9 Å². The average Bonchev–Trinajstić information content (AvgIpc) is 1.04. The second kappa shape index (κ2) is 44.8. The quantitative estimate of drug-likeness (QED) is 0.0384. The van der Waals surface area contributed by atoms with E-state index in [1.54, 1.807) is 34.6 Å². The molecule has 0 spiro atoms. The minimum Gasteiger partial charge on any atom is -0.508 e. The molecule has 4 aromatic carbocycles. The summed E-state index contributed by atoms with van der Waals surface area (Å²) < 4.78 is 0. The molecule has 1 aromatic heterocycles. The van der Waals surface area contributed by atoms with E-state index in [-0.39, 0.29) is 80.7 Å². The number of aliphatic hydroxyl groups excluding tert-OH is 2. The molecule has 1 aliphatic rings. The Hall–Kier alpha value is -11.3. The van der Waals surface area contributed by atoms with Crippen LogP contribution in [0.15, 0.2) is 110 Å². The summed E-state index contributed by atoms with van der Waals surface area (Å²) in [5.41, 5.74) is 13.8. The SMILES string of the molecule is CCC[C@@H]1NC(=O)[C@H](Cc2ccc(NC(=N)N)cc2)NC(=O)[C@H]([C@@H](C)O)NC(=O)[C@H](Cc2c[nH]cn2)NC(=O)[C@H](Cc2ccc(O)cc2)NC(=O)[C@H](C(C)(C)C)NC(=O)CCSCc2cccc(c2)CSC[C@@H](C(N)=O)NC(=O)[C@H]([C@@H](C)O)NC(=O)[C@H](CCC)NC(=O)[C@H](Cc2ccc(O)cc2)NC(=O)[C@H](CCC(=O)O)NC1=O. The van der Waals surface area contributed by atoms with Crippen LogP contribution in [-0.2, 0) is 99.5 Å². The van der Waals surface area contributed by atoms with E-state index in [1.807, 2.05) is 24.3 Å². The van der Waals surface area contributed by atoms with Gasteiger partial charge in [0.15, 0.2) is 5.96 Å². The van der Waals surface area contributed by atoms with Crippen molar-refractivity contribution in [1.29, 1.82) is 5.41 Å². The van der Waals surface area contributed by atoms with E-state index in [0.29, 0.717) is 39.6 Å². The number of carboxylic acid groups (broad SMARTS) is 1. The van der Waals surface area contributed by atoms with Crippen molar-refractivity contribution in [3.63, 3.8) is 0 Å². The van der Waals surface area contributed by atoms with Crippen LogP contribution in [-0.4, -0.2) is 208 Å². The lowest BCUT2D eigenvalue weighted by Gasteiger charge is -2.32. The van der Waals surface area contributed by atoms with Crippen LogP contribution in [0.5, 0.6) is 11.5 Å². The number of primary amides is 1. The number of nitrogens with one attached hydrogen (secondary N) is 14. The number of aliphatic carboxylic acids is 1. The van der Waals surface area contributed by atoms with Crippen LogP contribution in [0.1, 0.15) is 127 Å². The maximum atomic E-state index is 15.0. The van der Waals surface area contributed by atoms with Crippen LogP contribution in [0, 0.1) is 10.8 Å². The number of carbonyl (C=O) groups is 13. The summed E-state index contributed by atoms with van der Waals surface area (Å²) in [5.74, 6) is -12.8. The largest absolute Gasteiger partial charge is 0.508 e. The van der Waals surface area contributed by atoms with Crippen molar-refractivity contribution in [3.05, 3.63) is 143 Å². The van der Waals surface area contributed by atoms with Gasteiger partial charge in [-0.05, 0) is 103 Å². The van der Waals surface area contributed by atoms with E-state index in [2.05, 4.69) is 73.8 Å². The van der Waals surface area contributed by atoms with Gasteiger partial charge in [0.2, 0.25) is 70.9 Å². The highest BCUT2D eigenvalue weighted by atomic mass is 32.2. The van der Waals surface area contributed by atoms with Gasteiger partial charge < -0.3 is 106 Å². The van der Waals surface area contributed by atoms with E-state index < -0.39 is 180 Å². The van der Waals surface area contributed by atoms with Crippen molar-refractivity contribution in [3.8, 4) is 11.5 Å². The standard InChI is InChI=1S/C77H105N17O18S2/c1-8-11-52-66(103)86-54(27-28-61(100)101)67(104)87-55(33-44-17-23-50(97)24-18-44)69(106)85-53(12-9-2)68(105)93-63(42(4)96)74(111)91-59(65(78)102)39-114-38-47-14-10-13-46(31-47)37-113-30-29-60(99)92-64(77(5,6)7)75(112)90-57(34-45-19-25-51(98)26-20-45)71(108)88-58(35-49-36-81-40-82-49)72(109)94-62(41(3)95)73(110)89-56(70(107)84-52)32-43-15-21-48(22-16-43)83-76(79)80/h10,13-26,31,36,40-42,52-59,62-64,95-98H,8-9,11-12,27-30,32-35,37-39H2,1-7H3,(H2,78,102)(H,81,82)(H,84,107)(H,85,106)(H,86,103)(H,87,104)(H,88,108)(H,89,110)(H,90,112)(H,91,111)(H,92,99)(H,93,105)(H,94,109)(H,100,101)(H4,79,80,83)/t41-,42-,52+,53+,54+,55+,56+,57+,58+,59+,62+,63+,64-/m1/s1. The van der Waals surface area contributed by atoms with E-state index in [4.69, 9.17) is 16.9 Å². The van der Waals surface area contributed by atoms with E-state index >= 15 is 0 Å². The lowest BCUT2D eigenvalue weighted by molar-refractivity contribution is -0.139. The zero-order chi connectivity index (χ0) is 83.9. The van der Waals surface area contributed by atoms with Crippen LogP contribution in [0.4, 0.5) is 5.69 Å². The van der Waals surface area contributed by atoms with Crippen molar-refractivity contribution in [2.75, 3.05) is 16.8 Å². The Bertz CT molecular complexity index is 4130. The van der Waals surface area contributed by atoms with Gasteiger partial charge in [0.05, 0.1) is 24.2 Å². The van der Waals surface area contributed by atoms with Gasteiger partial charge in [-0.25, -0.2) is 4.98 Å². The summed E-state index contributed by atoms with van der Waals surface area (Å²) >= 11 is 2.66. The first kappa shape index (κ1) is 91.6. The Kier molecular flexibility index (Phi) is 36.0. The van der Waals surface area contributed by atoms with Crippen LogP contribution in [0.2, 0.25) is 0 Å². The first-order chi connectivity index (χ1) is 54.0. The summed E-state index contributed by atoms with van der Waals surface area (Å²) in [5, 5.41) is 91.6. The number of H-pyrrole nitrogens is 1. The highest BCUT2D eigenvalue weighted by Gasteiger charge is 2.40. The fraction of sp³-hybridized carbons (Fsp3) is 0.468. The number of nitrogens with two attached hydrogens (primary N) is 2. The Morgan fingerprint density at radius 1 is 0.535 bits per heavy atom. The normalized spacial score (nSPS) is 23.3. The van der Waals surface area contributed by atoms with Crippen molar-refractivity contribution >= 4 is 112 Å². The molecule has 0 radical (unpaired) electrons. The summed E-state index contributed by atoms with van der Waals surface area (Å²) in [6.45, 7) is 10.8. The zero-order valence-corrected chi connectivity index (χ0v) is 66.1. The van der Waals surface area contributed by atoms with E-state index in [9.17, 15) is 87.9 Å². The molecular formula is C77H105N17O18S2. The number of hydrogen-bond acceptors (Lipinski definition) is 21. The number of anilines is 1. The zero-order valence-electron chi connectivity index (χ0n) is 64.5. The molecule has 0 saturated carbocycles. The third-order valence-electron chi connectivity index (χ3n) is 18.1. The van der Waals surface area contributed by atoms with Gasteiger partial charge >= 0.3 is 5.97 Å². The third kappa shape index (κ3) is 30.3. The van der Waals surface area contributed by atoms with Gasteiger partial charge in [0.25, 0.3) is 0 Å². The smallest absolute Gasteiger partial charge is 0.303 e. The van der Waals surface area contributed by atoms with E-state index in [0.717, 1.165) is 18.1 Å². The average molecular weight is 1620 g/mol. The number of phenolic OH excluding ortho intramolecular Hbond substituents is 2. The molecular weight excluding hydrogens is 1520 g/mol. The number of hydrogen-bond donors (Lipinski definition) is 21. The number of amides is 12. The minimum atomic E-state index is -1.93. The highest BCUT2D eigenvalue weighted by molar-refractivity contribution is 7.98. The van der Waals surface area contributed by atoms with Gasteiger partial charge in [-0.15, -0.1) is 0 Å². The number of imidazole rings is 1. The first-order valence-corrected chi connectivity index (χ1v) is 39.5. The highest BCUT2D eigenvalue weighted by Crippen LogP contribution is 2.24. The Morgan fingerprint density at radius 3 is 1.37 bits per heavy atom. The molecule has 0 fully saturated rings. The summed E-state index contributed by atoms with van der Waals surface area (Å²) in [7, 11) is 0. The molecule has 0 aliphatic carbocycles. The molecule has 13 atom stereocenters. The first-order valence-electron chi connectivity index (χ1n) is 37.2. The Labute approximate surface area is 668 Å². The Balaban J connectivity index is 1.40. The number of aliphatic hydroxyl groups is 2. The fourth-order valence-corrected chi connectivity index (χ4v) is 13.9. The van der Waals surface area contributed by atoms with Crippen LogP contribution < -0.4 is 75.3 Å². The molecule has 37 heteroatoms. The monoisotopic (exact) mass is 1620 g/mol. The lowest BCUT2D eigenvalue weighted by Crippen LogP contribution is -2.63. The number of carbonyl (C=O) groups excluding carboxylic acids is 12. The number of fused-ring (bicyclic) bond motifs is 2. The summed E-state index contributed by atoms with van der Waals surface area (Å²) in [4.78, 5) is 193. The number of benzene rings is 4. The fourth-order valence-electron chi connectivity index (χ4n) is 12.0. The molecule has 5 aromatic rings. The number of aromatic hydroxyl groups is 2. The minimum absolute atomic E-state index is 0.0486. The van der Waals surface area contributed by atoms with Crippen molar-refractivity contribution in [2.45, 2.75) is 209 Å². The molecule has 23 N–H and O–H groups in total. The van der Waals surface area contributed by atoms with E-state index in [1.165, 1.54) is 116 Å². The number of thioether (sulfide) groups is 2. The van der Waals surface area contributed by atoms with Gasteiger partial charge in [0, 0.05) is 73.4 Å². The molecule has 2 bridgehead atoms. The predicted molar refractivity (Wildman–Crippen MR) is 425 cm³/mol. The molecule has 0 unspecified atom stereocenters.